The van der Waals surface area contributed by atoms with Crippen LogP contribution in [0.4, 0.5) is 11.8 Å². The van der Waals surface area contributed by atoms with Gasteiger partial charge in [-0.25, -0.2) is 9.97 Å². The third-order valence-electron chi connectivity index (χ3n) is 4.43. The van der Waals surface area contributed by atoms with Crippen molar-refractivity contribution in [3.63, 3.8) is 0 Å². The van der Waals surface area contributed by atoms with Gasteiger partial charge in [-0.05, 0) is 24.8 Å². The Morgan fingerprint density at radius 1 is 1.04 bits per heavy atom. The van der Waals surface area contributed by atoms with E-state index in [1.54, 1.807) is 12.4 Å². The highest BCUT2D eigenvalue weighted by Gasteiger charge is 2.21. The fraction of sp³-hybridized carbons (Fsp3) is 0.278. The second-order valence-electron chi connectivity index (χ2n) is 6.05. The Bertz CT molecular complexity index is 885. The number of ether oxygens (including phenoxy) is 1. The molecule has 0 spiro atoms. The van der Waals surface area contributed by atoms with Gasteiger partial charge in [0.05, 0.1) is 0 Å². The average Bonchev–Trinajstić information content (AvgIpc) is 3.12. The molecule has 2 aromatic heterocycles. The molecule has 0 saturated carbocycles. The quantitative estimate of drug-likeness (QED) is 0.762. The Morgan fingerprint density at radius 3 is 2.64 bits per heavy atom. The van der Waals surface area contributed by atoms with E-state index in [0.717, 1.165) is 48.4 Å². The van der Waals surface area contributed by atoms with E-state index in [4.69, 9.17) is 16.2 Å². The van der Waals surface area contributed by atoms with Crippen LogP contribution in [0, 0.1) is 0 Å². The molecule has 0 radical (unpaired) electrons. The smallest absolute Gasteiger partial charge is 0.221 e. The molecule has 25 heavy (non-hydrogen) atoms. The molecule has 7 nitrogen and oxygen atoms in total. The fourth-order valence-corrected chi connectivity index (χ4v) is 3.23. The summed E-state index contributed by atoms with van der Waals surface area (Å²) in [4.78, 5) is 12.7. The largest absolute Gasteiger partial charge is 0.383 e. The van der Waals surface area contributed by atoms with Gasteiger partial charge in [0.15, 0.2) is 0 Å². The summed E-state index contributed by atoms with van der Waals surface area (Å²) < 4.78 is 8.02. The Balaban J connectivity index is 1.81. The summed E-state index contributed by atoms with van der Waals surface area (Å²) in [5.41, 5.74) is 14.3. The van der Waals surface area contributed by atoms with Crippen molar-refractivity contribution in [3.05, 3.63) is 42.9 Å². The van der Waals surface area contributed by atoms with Crippen LogP contribution in [-0.2, 0) is 4.74 Å². The molecule has 3 aromatic rings. The van der Waals surface area contributed by atoms with Crippen LogP contribution >= 0.6 is 0 Å². The van der Waals surface area contributed by atoms with Gasteiger partial charge in [0.1, 0.15) is 17.9 Å². The number of nitrogen functional groups attached to an aromatic ring is 2. The number of nitrogens with two attached hydrogens (primary N) is 2. The van der Waals surface area contributed by atoms with Crippen molar-refractivity contribution >= 4 is 11.8 Å². The lowest BCUT2D eigenvalue weighted by atomic mass is 10.0. The molecule has 0 bridgehead atoms. The lowest BCUT2D eigenvalue weighted by Crippen LogP contribution is -2.18. The summed E-state index contributed by atoms with van der Waals surface area (Å²) >= 11 is 0. The van der Waals surface area contributed by atoms with Crippen LogP contribution in [0.2, 0.25) is 0 Å². The monoisotopic (exact) mass is 336 g/mol. The van der Waals surface area contributed by atoms with Gasteiger partial charge >= 0.3 is 0 Å². The molecule has 4 N–H and O–H groups in total. The van der Waals surface area contributed by atoms with E-state index in [1.807, 2.05) is 30.5 Å². The molecule has 1 unspecified atom stereocenters. The van der Waals surface area contributed by atoms with Gasteiger partial charge in [0.25, 0.3) is 0 Å². The summed E-state index contributed by atoms with van der Waals surface area (Å²) in [5, 5.41) is 0. The molecule has 1 saturated heterocycles. The Morgan fingerprint density at radius 2 is 1.88 bits per heavy atom. The van der Waals surface area contributed by atoms with Crippen molar-refractivity contribution in [3.8, 4) is 22.5 Å². The maximum Gasteiger partial charge on any atom is 0.221 e. The minimum atomic E-state index is 0.0133. The van der Waals surface area contributed by atoms with Crippen LogP contribution in [0.3, 0.4) is 0 Å². The molecule has 1 aromatic carbocycles. The maximum atomic E-state index is 6.07. The Hall–Kier alpha value is -2.93. The van der Waals surface area contributed by atoms with Crippen molar-refractivity contribution in [2.45, 2.75) is 25.5 Å². The van der Waals surface area contributed by atoms with Gasteiger partial charge in [-0.15, -0.1) is 0 Å². The van der Waals surface area contributed by atoms with Crippen LogP contribution in [0.15, 0.2) is 42.9 Å². The van der Waals surface area contributed by atoms with Gasteiger partial charge in [-0.1, -0.05) is 24.3 Å². The molecule has 0 amide bonds. The molecule has 4 rings (SSSR count). The topological polar surface area (TPSA) is 105 Å². The number of aromatic nitrogens is 4. The first-order valence-electron chi connectivity index (χ1n) is 8.36. The lowest BCUT2D eigenvalue weighted by molar-refractivity contribution is -0.0309. The number of benzene rings is 1. The minimum Gasteiger partial charge on any atom is -0.383 e. The van der Waals surface area contributed by atoms with Gasteiger partial charge in [0.2, 0.25) is 5.95 Å². The van der Waals surface area contributed by atoms with E-state index in [9.17, 15) is 0 Å². The molecule has 128 valence electrons. The fourth-order valence-electron chi connectivity index (χ4n) is 3.23. The van der Waals surface area contributed by atoms with Gasteiger partial charge < -0.3 is 20.8 Å². The molecule has 1 aliphatic rings. The standard InChI is InChI=1S/C18H20N6O/c19-16-14(11-22-18(20)23-16)12-5-1-2-6-13(12)17-21-8-9-24(17)15-7-3-4-10-25-15/h1-2,5-6,8-9,11,15H,3-4,7,10H2,(H4,19,20,22,23). The highest BCUT2D eigenvalue weighted by Crippen LogP contribution is 2.35. The Kier molecular flexibility index (Phi) is 4.07. The number of anilines is 2. The summed E-state index contributed by atoms with van der Waals surface area (Å²) in [6, 6.07) is 7.95. The number of nitrogens with zero attached hydrogens (tertiary/aromatic N) is 4. The highest BCUT2D eigenvalue weighted by atomic mass is 16.5. The predicted molar refractivity (Wildman–Crippen MR) is 96.4 cm³/mol. The third kappa shape index (κ3) is 2.94. The molecule has 7 heteroatoms. The zero-order valence-electron chi connectivity index (χ0n) is 13.8. The number of hydrogen-bond acceptors (Lipinski definition) is 6. The summed E-state index contributed by atoms with van der Waals surface area (Å²) in [6.45, 7) is 0.780. The van der Waals surface area contributed by atoms with Crippen LogP contribution < -0.4 is 11.5 Å². The SMILES string of the molecule is Nc1ncc(-c2ccccc2-c2nccn2C2CCCCO2)c(N)n1. The van der Waals surface area contributed by atoms with Gasteiger partial charge in [0, 0.05) is 36.3 Å². The van der Waals surface area contributed by atoms with Crippen LogP contribution in [0.1, 0.15) is 25.5 Å². The highest BCUT2D eigenvalue weighted by molar-refractivity contribution is 5.85. The second kappa shape index (κ2) is 6.52. The summed E-state index contributed by atoms with van der Waals surface area (Å²) in [5.74, 6) is 1.36. The van der Waals surface area contributed by atoms with E-state index in [1.165, 1.54) is 0 Å². The number of rotatable bonds is 3. The Labute approximate surface area is 145 Å². The van der Waals surface area contributed by atoms with Crippen molar-refractivity contribution in [2.75, 3.05) is 18.1 Å². The summed E-state index contributed by atoms with van der Waals surface area (Å²) in [7, 11) is 0. The predicted octanol–water partition coefficient (Wildman–Crippen LogP) is 2.87. The first-order valence-corrected chi connectivity index (χ1v) is 8.36. The van der Waals surface area contributed by atoms with Gasteiger partial charge in [-0.2, -0.15) is 4.98 Å². The minimum absolute atomic E-state index is 0.0133. The molecule has 3 heterocycles. The second-order valence-corrected chi connectivity index (χ2v) is 6.05. The molecule has 1 atom stereocenters. The van der Waals surface area contributed by atoms with Crippen molar-refractivity contribution < 1.29 is 4.74 Å². The first-order chi connectivity index (χ1) is 12.2. The van der Waals surface area contributed by atoms with E-state index >= 15 is 0 Å². The van der Waals surface area contributed by atoms with E-state index in [-0.39, 0.29) is 12.2 Å². The normalized spacial score (nSPS) is 17.5. The zero-order valence-corrected chi connectivity index (χ0v) is 13.8. The average molecular weight is 336 g/mol. The zero-order chi connectivity index (χ0) is 17.2. The van der Waals surface area contributed by atoms with Crippen molar-refractivity contribution in [1.29, 1.82) is 0 Å². The lowest BCUT2D eigenvalue weighted by Gasteiger charge is -2.25. The first kappa shape index (κ1) is 15.6. The summed E-state index contributed by atoms with van der Waals surface area (Å²) in [6.07, 6.45) is 8.68. The van der Waals surface area contributed by atoms with Crippen LogP contribution in [0.25, 0.3) is 22.5 Å². The maximum absolute atomic E-state index is 6.07. The van der Waals surface area contributed by atoms with Crippen molar-refractivity contribution in [2.24, 2.45) is 0 Å². The van der Waals surface area contributed by atoms with Gasteiger partial charge in [-0.3, -0.25) is 0 Å². The van der Waals surface area contributed by atoms with E-state index in [0.29, 0.717) is 5.82 Å². The van der Waals surface area contributed by atoms with E-state index < -0.39 is 0 Å². The molecule has 1 aliphatic heterocycles. The molecule has 0 aliphatic carbocycles. The van der Waals surface area contributed by atoms with E-state index in [2.05, 4.69) is 19.5 Å². The van der Waals surface area contributed by atoms with Crippen LogP contribution in [-0.4, -0.2) is 26.1 Å². The molecular weight excluding hydrogens is 316 g/mol. The number of imidazole rings is 1. The molecule has 1 fully saturated rings. The van der Waals surface area contributed by atoms with Crippen LogP contribution in [0.5, 0.6) is 0 Å². The third-order valence-corrected chi connectivity index (χ3v) is 4.43. The molecular formula is C18H20N6O. The number of hydrogen-bond donors (Lipinski definition) is 2. The van der Waals surface area contributed by atoms with Crippen molar-refractivity contribution in [1.82, 2.24) is 19.5 Å².